The van der Waals surface area contributed by atoms with Crippen LogP contribution in [0.5, 0.6) is 0 Å². The number of hydrogen-bond donors (Lipinski definition) is 0. The third kappa shape index (κ3) is 2.86. The smallest absolute Gasteiger partial charge is 0.228 e. The lowest BCUT2D eigenvalue weighted by Crippen LogP contribution is -2.45. The minimum Gasteiger partial charge on any atom is -0.332 e. The molecule has 1 fully saturated rings. The lowest BCUT2D eigenvalue weighted by molar-refractivity contribution is -0.139. The Hall–Kier alpha value is -1.64. The molecule has 1 atom stereocenters. The molecule has 1 heterocycles. The Morgan fingerprint density at radius 3 is 2.37 bits per heavy atom. The summed E-state index contributed by atoms with van der Waals surface area (Å²) in [6.07, 6.45) is 1.68. The van der Waals surface area contributed by atoms with Crippen molar-refractivity contribution in [3.63, 3.8) is 0 Å². The zero-order valence-electron chi connectivity index (χ0n) is 11.8. The zero-order valence-corrected chi connectivity index (χ0v) is 11.8. The third-order valence-electron chi connectivity index (χ3n) is 3.52. The highest BCUT2D eigenvalue weighted by molar-refractivity contribution is 6.02. The van der Waals surface area contributed by atoms with Crippen LogP contribution >= 0.6 is 0 Å². The van der Waals surface area contributed by atoms with E-state index in [4.69, 9.17) is 0 Å². The molecule has 1 aliphatic rings. The second-order valence-corrected chi connectivity index (χ2v) is 6.14. The Balaban J connectivity index is 2.20. The highest BCUT2D eigenvalue weighted by atomic mass is 16.2. The van der Waals surface area contributed by atoms with E-state index < -0.39 is 5.41 Å². The Morgan fingerprint density at radius 1 is 1.16 bits per heavy atom. The molecule has 0 aromatic heterocycles. The molecule has 0 aliphatic carbocycles. The van der Waals surface area contributed by atoms with Crippen LogP contribution in [0, 0.1) is 5.41 Å². The van der Waals surface area contributed by atoms with Gasteiger partial charge in [-0.2, -0.15) is 0 Å². The zero-order chi connectivity index (χ0) is 14.0. The van der Waals surface area contributed by atoms with Gasteiger partial charge in [0.1, 0.15) is 0 Å². The summed E-state index contributed by atoms with van der Waals surface area (Å²) in [7, 11) is 0. The molecule has 19 heavy (non-hydrogen) atoms. The van der Waals surface area contributed by atoms with Crippen LogP contribution in [0.4, 0.5) is 0 Å². The van der Waals surface area contributed by atoms with E-state index in [0.717, 1.165) is 12.8 Å². The standard InChI is InChI=1S/C16H21NO2/c1-16(2,3)15(19)17-11-7-10-13(17)14(18)12-8-5-4-6-9-12/h4-6,8-9,13H,7,10-11H2,1-3H3. The lowest BCUT2D eigenvalue weighted by Gasteiger charge is -2.30. The van der Waals surface area contributed by atoms with Gasteiger partial charge in [0.05, 0.1) is 6.04 Å². The van der Waals surface area contributed by atoms with Gasteiger partial charge in [-0.15, -0.1) is 0 Å². The molecule has 0 spiro atoms. The van der Waals surface area contributed by atoms with E-state index in [1.54, 1.807) is 4.90 Å². The minimum atomic E-state index is -0.431. The normalized spacial score (nSPS) is 19.5. The number of nitrogens with zero attached hydrogens (tertiary/aromatic N) is 1. The van der Waals surface area contributed by atoms with Crippen molar-refractivity contribution in [2.45, 2.75) is 39.7 Å². The summed E-state index contributed by atoms with van der Waals surface area (Å²) < 4.78 is 0. The molecule has 2 rings (SSSR count). The van der Waals surface area contributed by atoms with Crippen molar-refractivity contribution in [1.29, 1.82) is 0 Å². The van der Waals surface area contributed by atoms with E-state index in [0.29, 0.717) is 12.1 Å². The topological polar surface area (TPSA) is 37.4 Å². The van der Waals surface area contributed by atoms with Crippen molar-refractivity contribution in [2.24, 2.45) is 5.41 Å². The summed E-state index contributed by atoms with van der Waals surface area (Å²) in [5, 5.41) is 0. The van der Waals surface area contributed by atoms with Gasteiger partial charge in [-0.05, 0) is 12.8 Å². The average Bonchev–Trinajstić information content (AvgIpc) is 2.85. The van der Waals surface area contributed by atoms with Crippen molar-refractivity contribution in [3.8, 4) is 0 Å². The number of amides is 1. The van der Waals surface area contributed by atoms with Gasteiger partial charge in [0, 0.05) is 17.5 Å². The second-order valence-electron chi connectivity index (χ2n) is 6.14. The maximum absolute atomic E-state index is 12.5. The highest BCUT2D eigenvalue weighted by Gasteiger charge is 2.38. The first-order valence-electron chi connectivity index (χ1n) is 6.81. The lowest BCUT2D eigenvalue weighted by atomic mass is 9.93. The van der Waals surface area contributed by atoms with E-state index in [9.17, 15) is 9.59 Å². The van der Waals surface area contributed by atoms with E-state index in [-0.39, 0.29) is 17.7 Å². The molecular weight excluding hydrogens is 238 g/mol. The van der Waals surface area contributed by atoms with Crippen molar-refractivity contribution < 1.29 is 9.59 Å². The van der Waals surface area contributed by atoms with Gasteiger partial charge in [0.25, 0.3) is 0 Å². The summed E-state index contributed by atoms with van der Waals surface area (Å²) in [6, 6.07) is 8.97. The average molecular weight is 259 g/mol. The number of benzene rings is 1. The third-order valence-corrected chi connectivity index (χ3v) is 3.52. The van der Waals surface area contributed by atoms with Crippen molar-refractivity contribution in [1.82, 2.24) is 4.90 Å². The van der Waals surface area contributed by atoms with Gasteiger partial charge < -0.3 is 4.90 Å². The number of hydrogen-bond acceptors (Lipinski definition) is 2. The number of Topliss-reactive ketones (excluding diaryl/α,β-unsaturated/α-hetero) is 1. The van der Waals surface area contributed by atoms with Crippen LogP contribution in [0.1, 0.15) is 44.0 Å². The molecule has 0 N–H and O–H groups in total. The molecule has 3 nitrogen and oxygen atoms in total. The Bertz CT molecular complexity index is 473. The molecule has 1 amide bonds. The fourth-order valence-electron chi connectivity index (χ4n) is 2.51. The molecule has 1 unspecified atom stereocenters. The van der Waals surface area contributed by atoms with Gasteiger partial charge in [-0.1, -0.05) is 51.1 Å². The predicted octanol–water partition coefficient (Wildman–Crippen LogP) is 2.91. The van der Waals surface area contributed by atoms with Gasteiger partial charge in [0.15, 0.2) is 5.78 Å². The van der Waals surface area contributed by atoms with E-state index in [1.807, 2.05) is 51.1 Å². The predicted molar refractivity (Wildman–Crippen MR) is 75.0 cm³/mol. The fraction of sp³-hybridized carbons (Fsp3) is 0.500. The van der Waals surface area contributed by atoms with Crippen LogP contribution in [0.15, 0.2) is 30.3 Å². The fourth-order valence-corrected chi connectivity index (χ4v) is 2.51. The van der Waals surface area contributed by atoms with Crippen LogP contribution in [0.3, 0.4) is 0 Å². The molecule has 1 aromatic rings. The van der Waals surface area contributed by atoms with Crippen LogP contribution < -0.4 is 0 Å². The molecule has 1 saturated heterocycles. The molecule has 0 saturated carbocycles. The van der Waals surface area contributed by atoms with Gasteiger partial charge in [0.2, 0.25) is 5.91 Å². The summed E-state index contributed by atoms with van der Waals surface area (Å²) in [6.45, 7) is 6.40. The number of ketones is 1. The van der Waals surface area contributed by atoms with E-state index in [2.05, 4.69) is 0 Å². The van der Waals surface area contributed by atoms with E-state index >= 15 is 0 Å². The maximum Gasteiger partial charge on any atom is 0.228 e. The number of carbonyl (C=O) groups excluding carboxylic acids is 2. The molecular formula is C16H21NO2. The van der Waals surface area contributed by atoms with Crippen LogP contribution in [-0.2, 0) is 4.79 Å². The highest BCUT2D eigenvalue weighted by Crippen LogP contribution is 2.27. The summed E-state index contributed by atoms with van der Waals surface area (Å²) in [5.41, 5.74) is 0.264. The van der Waals surface area contributed by atoms with Gasteiger partial charge in [-0.3, -0.25) is 9.59 Å². The molecule has 102 valence electrons. The first kappa shape index (κ1) is 13.8. The molecule has 3 heteroatoms. The van der Waals surface area contributed by atoms with Gasteiger partial charge >= 0.3 is 0 Å². The minimum absolute atomic E-state index is 0.0655. The number of likely N-dealkylation sites (tertiary alicyclic amines) is 1. The Morgan fingerprint density at radius 2 is 1.79 bits per heavy atom. The van der Waals surface area contributed by atoms with Crippen LogP contribution in [-0.4, -0.2) is 29.2 Å². The molecule has 0 bridgehead atoms. The maximum atomic E-state index is 12.5. The first-order chi connectivity index (χ1) is 8.91. The van der Waals surface area contributed by atoms with E-state index in [1.165, 1.54) is 0 Å². The van der Waals surface area contributed by atoms with Crippen LogP contribution in [0.25, 0.3) is 0 Å². The summed E-state index contributed by atoms with van der Waals surface area (Å²) in [5.74, 6) is 0.134. The second kappa shape index (κ2) is 5.16. The molecule has 1 aliphatic heterocycles. The van der Waals surface area contributed by atoms with Crippen molar-refractivity contribution >= 4 is 11.7 Å². The Labute approximate surface area is 114 Å². The largest absolute Gasteiger partial charge is 0.332 e. The van der Waals surface area contributed by atoms with Gasteiger partial charge in [-0.25, -0.2) is 0 Å². The van der Waals surface area contributed by atoms with Crippen LogP contribution in [0.2, 0.25) is 0 Å². The quantitative estimate of drug-likeness (QED) is 0.766. The van der Waals surface area contributed by atoms with Crippen molar-refractivity contribution in [2.75, 3.05) is 6.54 Å². The summed E-state index contributed by atoms with van der Waals surface area (Å²) in [4.78, 5) is 26.6. The van der Waals surface area contributed by atoms with Crippen molar-refractivity contribution in [3.05, 3.63) is 35.9 Å². The number of rotatable bonds is 2. The SMILES string of the molecule is CC(C)(C)C(=O)N1CCCC1C(=O)c1ccccc1. The molecule has 1 aromatic carbocycles. The summed E-state index contributed by atoms with van der Waals surface area (Å²) >= 11 is 0. The Kier molecular flexibility index (Phi) is 3.74. The first-order valence-corrected chi connectivity index (χ1v) is 6.81. The number of carbonyl (C=O) groups is 2. The molecule has 0 radical (unpaired) electrons. The monoisotopic (exact) mass is 259 g/mol.